The fraction of sp³-hybridized carbons (Fsp3) is 0.533. The molecule has 1 aromatic carbocycles. The number of anilines is 1. The van der Waals surface area contributed by atoms with Crippen molar-refractivity contribution in [2.24, 2.45) is 5.92 Å². The molecule has 108 valence electrons. The van der Waals surface area contributed by atoms with Crippen molar-refractivity contribution in [1.82, 2.24) is 14.5 Å². The lowest BCUT2D eigenvalue weighted by molar-refractivity contribution is 0.273. The minimum atomic E-state index is -0.305. The number of nitrogens with two attached hydrogens (primary N) is 1. The molecule has 2 heterocycles. The Bertz CT molecular complexity index is 601. The topological polar surface area (TPSA) is 47.1 Å². The smallest absolute Gasteiger partial charge is 0.201 e. The number of aromatic nitrogens is 2. The summed E-state index contributed by atoms with van der Waals surface area (Å²) in [7, 11) is 0. The molecular formula is C15H21FN4. The summed E-state index contributed by atoms with van der Waals surface area (Å²) >= 11 is 0. The van der Waals surface area contributed by atoms with E-state index in [4.69, 9.17) is 5.73 Å². The molecule has 1 fully saturated rings. The first-order valence-corrected chi connectivity index (χ1v) is 7.27. The molecule has 0 aliphatic carbocycles. The summed E-state index contributed by atoms with van der Waals surface area (Å²) in [5.41, 5.74) is 7.11. The quantitative estimate of drug-likeness (QED) is 0.933. The minimum absolute atomic E-state index is 0.305. The summed E-state index contributed by atoms with van der Waals surface area (Å²) < 4.78 is 15.6. The Morgan fingerprint density at radius 2 is 2.05 bits per heavy atom. The van der Waals surface area contributed by atoms with Gasteiger partial charge in [0.2, 0.25) is 5.95 Å². The van der Waals surface area contributed by atoms with Crippen LogP contribution in [-0.2, 0) is 6.54 Å². The van der Waals surface area contributed by atoms with Gasteiger partial charge in [0.05, 0.1) is 5.52 Å². The van der Waals surface area contributed by atoms with Crippen molar-refractivity contribution in [1.29, 1.82) is 0 Å². The van der Waals surface area contributed by atoms with E-state index in [1.807, 2.05) is 10.6 Å². The Labute approximate surface area is 118 Å². The van der Waals surface area contributed by atoms with Crippen LogP contribution >= 0.6 is 0 Å². The number of likely N-dealkylation sites (tertiary alicyclic amines) is 1. The van der Waals surface area contributed by atoms with E-state index in [1.54, 1.807) is 6.07 Å². The van der Waals surface area contributed by atoms with Crippen molar-refractivity contribution < 1.29 is 4.39 Å². The van der Waals surface area contributed by atoms with Crippen molar-refractivity contribution >= 4 is 17.0 Å². The van der Waals surface area contributed by atoms with E-state index in [9.17, 15) is 4.39 Å². The van der Waals surface area contributed by atoms with Crippen LogP contribution in [0.2, 0.25) is 0 Å². The molecule has 1 aromatic heterocycles. The van der Waals surface area contributed by atoms with E-state index < -0.39 is 0 Å². The number of imidazole rings is 1. The standard InChI is InChI=1S/C15H21FN4/c1-11(9-19-7-2-3-8-19)10-20-13-6-4-5-12(16)14(13)18-15(20)17/h4-6,11H,2-3,7-10H2,1H3,(H2,17,18). The predicted octanol–water partition coefficient (Wildman–Crippen LogP) is 2.49. The van der Waals surface area contributed by atoms with Crippen molar-refractivity contribution in [2.75, 3.05) is 25.4 Å². The molecule has 0 radical (unpaired) electrons. The second kappa shape index (κ2) is 5.40. The average Bonchev–Trinajstić information content (AvgIpc) is 3.01. The van der Waals surface area contributed by atoms with Gasteiger partial charge in [-0.15, -0.1) is 0 Å². The van der Waals surface area contributed by atoms with E-state index in [1.165, 1.54) is 32.0 Å². The van der Waals surface area contributed by atoms with Crippen LogP contribution < -0.4 is 5.73 Å². The van der Waals surface area contributed by atoms with Crippen molar-refractivity contribution in [3.8, 4) is 0 Å². The highest BCUT2D eigenvalue weighted by Crippen LogP contribution is 2.22. The Balaban J connectivity index is 1.79. The number of hydrogen-bond donors (Lipinski definition) is 1. The molecule has 1 atom stereocenters. The Morgan fingerprint density at radius 3 is 2.80 bits per heavy atom. The molecular weight excluding hydrogens is 255 g/mol. The van der Waals surface area contributed by atoms with Crippen molar-refractivity contribution in [2.45, 2.75) is 26.3 Å². The SMILES string of the molecule is CC(CN1CCCC1)Cn1c(N)nc2c(F)cccc21. The van der Waals surface area contributed by atoms with E-state index in [-0.39, 0.29) is 5.82 Å². The molecule has 1 aliphatic heterocycles. The van der Waals surface area contributed by atoms with Gasteiger partial charge in [0.25, 0.3) is 0 Å². The van der Waals surface area contributed by atoms with Gasteiger partial charge in [-0.3, -0.25) is 0 Å². The van der Waals surface area contributed by atoms with Crippen LogP contribution in [0.1, 0.15) is 19.8 Å². The number of para-hydroxylation sites is 1. The molecule has 0 saturated carbocycles. The first-order valence-electron chi connectivity index (χ1n) is 7.27. The van der Waals surface area contributed by atoms with Gasteiger partial charge < -0.3 is 15.2 Å². The second-order valence-corrected chi connectivity index (χ2v) is 5.80. The van der Waals surface area contributed by atoms with Crippen molar-refractivity contribution in [3.63, 3.8) is 0 Å². The lowest BCUT2D eigenvalue weighted by atomic mass is 10.1. The maximum Gasteiger partial charge on any atom is 0.201 e. The molecule has 2 N–H and O–H groups in total. The van der Waals surface area contributed by atoms with Crippen LogP contribution in [0.4, 0.5) is 10.3 Å². The first kappa shape index (κ1) is 13.4. The minimum Gasteiger partial charge on any atom is -0.369 e. The zero-order chi connectivity index (χ0) is 14.1. The third-order valence-electron chi connectivity index (χ3n) is 4.02. The molecule has 20 heavy (non-hydrogen) atoms. The summed E-state index contributed by atoms with van der Waals surface area (Å²) in [5, 5.41) is 0. The summed E-state index contributed by atoms with van der Waals surface area (Å²) in [5.74, 6) is 0.564. The lowest BCUT2D eigenvalue weighted by Crippen LogP contribution is -2.27. The van der Waals surface area contributed by atoms with Gasteiger partial charge in [0.1, 0.15) is 5.52 Å². The zero-order valence-electron chi connectivity index (χ0n) is 11.8. The highest BCUT2D eigenvalue weighted by Gasteiger charge is 2.17. The number of nitrogens with zero attached hydrogens (tertiary/aromatic N) is 3. The summed E-state index contributed by atoms with van der Waals surface area (Å²) in [4.78, 5) is 6.64. The summed E-state index contributed by atoms with van der Waals surface area (Å²) in [6.07, 6.45) is 2.60. The lowest BCUT2D eigenvalue weighted by Gasteiger charge is -2.21. The highest BCUT2D eigenvalue weighted by atomic mass is 19.1. The molecule has 1 saturated heterocycles. The molecule has 0 spiro atoms. The molecule has 0 bridgehead atoms. The molecule has 1 aliphatic rings. The molecule has 1 unspecified atom stereocenters. The third kappa shape index (κ3) is 2.50. The van der Waals surface area contributed by atoms with E-state index in [0.717, 1.165) is 18.6 Å². The molecule has 3 rings (SSSR count). The van der Waals surface area contributed by atoms with Gasteiger partial charge in [-0.1, -0.05) is 13.0 Å². The maximum absolute atomic E-state index is 13.7. The highest BCUT2D eigenvalue weighted by molar-refractivity contribution is 5.78. The van der Waals surface area contributed by atoms with Crippen LogP contribution in [0.5, 0.6) is 0 Å². The van der Waals surface area contributed by atoms with Crippen LogP contribution in [0.15, 0.2) is 18.2 Å². The number of fused-ring (bicyclic) bond motifs is 1. The Hall–Kier alpha value is -1.62. The predicted molar refractivity (Wildman–Crippen MR) is 78.9 cm³/mol. The fourth-order valence-electron chi connectivity index (χ4n) is 3.10. The first-order chi connectivity index (χ1) is 9.65. The molecule has 2 aromatic rings. The number of hydrogen-bond acceptors (Lipinski definition) is 3. The molecule has 4 nitrogen and oxygen atoms in total. The number of halogens is 1. The van der Waals surface area contributed by atoms with Gasteiger partial charge in [-0.2, -0.15) is 0 Å². The van der Waals surface area contributed by atoms with E-state index in [2.05, 4.69) is 16.8 Å². The summed E-state index contributed by atoms with van der Waals surface area (Å²) in [6.45, 7) is 6.44. The largest absolute Gasteiger partial charge is 0.369 e. The third-order valence-corrected chi connectivity index (χ3v) is 4.02. The fourth-order valence-corrected chi connectivity index (χ4v) is 3.10. The maximum atomic E-state index is 13.7. The van der Waals surface area contributed by atoms with Crippen LogP contribution in [0.3, 0.4) is 0 Å². The van der Waals surface area contributed by atoms with Gasteiger partial charge in [0, 0.05) is 13.1 Å². The Kier molecular flexibility index (Phi) is 3.61. The summed E-state index contributed by atoms with van der Waals surface area (Å²) in [6, 6.07) is 5.01. The second-order valence-electron chi connectivity index (χ2n) is 5.80. The van der Waals surface area contributed by atoms with Gasteiger partial charge in [-0.05, 0) is 44.0 Å². The monoisotopic (exact) mass is 276 g/mol. The zero-order valence-corrected chi connectivity index (χ0v) is 11.8. The normalized spacial score (nSPS) is 17.9. The van der Waals surface area contributed by atoms with Crippen LogP contribution in [-0.4, -0.2) is 34.1 Å². The van der Waals surface area contributed by atoms with E-state index in [0.29, 0.717) is 17.4 Å². The number of benzene rings is 1. The van der Waals surface area contributed by atoms with Gasteiger partial charge in [-0.25, -0.2) is 9.37 Å². The Morgan fingerprint density at radius 1 is 1.30 bits per heavy atom. The number of nitrogen functional groups attached to an aromatic ring is 1. The van der Waals surface area contributed by atoms with Gasteiger partial charge in [0.15, 0.2) is 5.82 Å². The average molecular weight is 276 g/mol. The molecule has 5 heteroatoms. The van der Waals surface area contributed by atoms with Crippen molar-refractivity contribution in [3.05, 3.63) is 24.0 Å². The van der Waals surface area contributed by atoms with E-state index >= 15 is 0 Å². The number of rotatable bonds is 4. The van der Waals surface area contributed by atoms with Gasteiger partial charge >= 0.3 is 0 Å². The molecule has 0 amide bonds. The van der Waals surface area contributed by atoms with Crippen LogP contribution in [0, 0.1) is 11.7 Å². The van der Waals surface area contributed by atoms with Crippen LogP contribution in [0.25, 0.3) is 11.0 Å².